The fraction of sp³-hybridized carbons (Fsp3) is 0.308. The summed E-state index contributed by atoms with van der Waals surface area (Å²) in [6.07, 6.45) is 4.83. The fourth-order valence-corrected chi connectivity index (χ4v) is 5.70. The third-order valence-corrected chi connectivity index (χ3v) is 7.94. The number of rotatable bonds is 4. The van der Waals surface area contributed by atoms with E-state index in [4.69, 9.17) is 16.6 Å². The summed E-state index contributed by atoms with van der Waals surface area (Å²) in [6.45, 7) is 6.91. The SMILES string of the molecule is CC(C)(C)[C@H]1CCc2c(sc(N=Cc3ccc(Br)cc3)c2C(=O)Nc2ccc(Cl)cc2)C1. The molecular formula is C26H26BrClN2OS. The fourth-order valence-electron chi connectivity index (χ4n) is 4.04. The predicted molar refractivity (Wildman–Crippen MR) is 140 cm³/mol. The first-order valence-electron chi connectivity index (χ1n) is 10.7. The highest BCUT2D eigenvalue weighted by molar-refractivity contribution is 9.10. The average molecular weight is 530 g/mol. The number of nitrogens with one attached hydrogen (secondary N) is 1. The molecule has 1 aliphatic carbocycles. The highest BCUT2D eigenvalue weighted by atomic mass is 79.9. The normalized spacial score (nSPS) is 16.2. The zero-order valence-electron chi connectivity index (χ0n) is 18.4. The van der Waals surface area contributed by atoms with Gasteiger partial charge in [-0.3, -0.25) is 4.79 Å². The van der Waals surface area contributed by atoms with Crippen LogP contribution in [0.4, 0.5) is 10.7 Å². The largest absolute Gasteiger partial charge is 0.322 e. The van der Waals surface area contributed by atoms with Gasteiger partial charge in [-0.15, -0.1) is 11.3 Å². The molecule has 1 heterocycles. The number of carbonyl (C=O) groups excluding carboxylic acids is 1. The first-order valence-corrected chi connectivity index (χ1v) is 12.7. The van der Waals surface area contributed by atoms with Gasteiger partial charge in [-0.05, 0) is 78.1 Å². The van der Waals surface area contributed by atoms with E-state index in [-0.39, 0.29) is 11.3 Å². The Hall–Kier alpha value is -1.95. The molecule has 1 amide bonds. The van der Waals surface area contributed by atoms with Crippen LogP contribution in [0.2, 0.25) is 5.02 Å². The molecule has 0 saturated carbocycles. The minimum atomic E-state index is -0.109. The predicted octanol–water partition coefficient (Wildman–Crippen LogP) is 8.32. The maximum absolute atomic E-state index is 13.4. The molecule has 0 fully saturated rings. The van der Waals surface area contributed by atoms with Crippen molar-refractivity contribution < 1.29 is 4.79 Å². The van der Waals surface area contributed by atoms with Crippen molar-refractivity contribution in [2.75, 3.05) is 5.32 Å². The smallest absolute Gasteiger partial charge is 0.259 e. The number of anilines is 1. The molecule has 0 spiro atoms. The third kappa shape index (κ3) is 5.33. The van der Waals surface area contributed by atoms with E-state index in [0.29, 0.717) is 16.5 Å². The third-order valence-electron chi connectivity index (χ3n) is 6.00. The lowest BCUT2D eigenvalue weighted by Crippen LogP contribution is -2.27. The maximum atomic E-state index is 13.4. The minimum absolute atomic E-state index is 0.109. The lowest BCUT2D eigenvalue weighted by molar-refractivity contribution is 0.102. The van der Waals surface area contributed by atoms with Crippen LogP contribution < -0.4 is 5.32 Å². The highest BCUT2D eigenvalue weighted by Gasteiger charge is 2.33. The van der Waals surface area contributed by atoms with Gasteiger partial charge in [0.25, 0.3) is 5.91 Å². The van der Waals surface area contributed by atoms with Gasteiger partial charge in [-0.25, -0.2) is 4.99 Å². The standard InChI is InChI=1S/C26H26BrClN2OS/c1-26(2,3)17-6-13-21-22(14-17)32-25(29-15-16-4-7-18(27)8-5-16)23(21)24(31)30-20-11-9-19(28)10-12-20/h4-5,7-12,15,17H,6,13-14H2,1-3H3,(H,30,31)/t17-/m0/s1. The monoisotopic (exact) mass is 528 g/mol. The van der Waals surface area contributed by atoms with E-state index in [2.05, 4.69) is 42.0 Å². The van der Waals surface area contributed by atoms with Crippen molar-refractivity contribution in [3.05, 3.63) is 79.6 Å². The number of nitrogens with zero attached hydrogens (tertiary/aromatic N) is 1. The summed E-state index contributed by atoms with van der Waals surface area (Å²) >= 11 is 11.1. The van der Waals surface area contributed by atoms with Crippen LogP contribution in [-0.2, 0) is 12.8 Å². The van der Waals surface area contributed by atoms with E-state index in [1.807, 2.05) is 42.6 Å². The van der Waals surface area contributed by atoms with Crippen molar-refractivity contribution in [3.8, 4) is 0 Å². The minimum Gasteiger partial charge on any atom is -0.322 e. The molecule has 0 saturated heterocycles. The van der Waals surface area contributed by atoms with E-state index in [0.717, 1.165) is 45.6 Å². The van der Waals surface area contributed by atoms with Gasteiger partial charge in [0.2, 0.25) is 0 Å². The summed E-state index contributed by atoms with van der Waals surface area (Å²) < 4.78 is 1.03. The number of benzene rings is 2. The van der Waals surface area contributed by atoms with Gasteiger partial charge in [0.05, 0.1) is 5.56 Å². The molecule has 2 aromatic carbocycles. The summed E-state index contributed by atoms with van der Waals surface area (Å²) in [5.41, 5.74) is 3.83. The van der Waals surface area contributed by atoms with Crippen LogP contribution in [0.5, 0.6) is 0 Å². The Morgan fingerprint density at radius 3 is 2.50 bits per heavy atom. The Morgan fingerprint density at radius 1 is 1.16 bits per heavy atom. The van der Waals surface area contributed by atoms with Crippen molar-refractivity contribution in [2.45, 2.75) is 40.0 Å². The van der Waals surface area contributed by atoms with Crippen LogP contribution in [0, 0.1) is 11.3 Å². The summed E-state index contributed by atoms with van der Waals surface area (Å²) in [7, 11) is 0. The van der Waals surface area contributed by atoms with Crippen molar-refractivity contribution in [3.63, 3.8) is 0 Å². The van der Waals surface area contributed by atoms with Crippen molar-refractivity contribution in [1.29, 1.82) is 0 Å². The van der Waals surface area contributed by atoms with Crippen molar-refractivity contribution >= 4 is 61.7 Å². The summed E-state index contributed by atoms with van der Waals surface area (Å²) in [4.78, 5) is 19.4. The molecule has 3 aromatic rings. The molecule has 1 aromatic heterocycles. The Labute approximate surface area is 207 Å². The Morgan fingerprint density at radius 2 is 1.84 bits per heavy atom. The number of amides is 1. The first kappa shape index (κ1) is 23.2. The molecule has 6 heteroatoms. The maximum Gasteiger partial charge on any atom is 0.259 e. The molecule has 32 heavy (non-hydrogen) atoms. The van der Waals surface area contributed by atoms with E-state index in [1.165, 1.54) is 4.88 Å². The van der Waals surface area contributed by atoms with Crippen molar-refractivity contribution in [2.24, 2.45) is 16.3 Å². The molecule has 1 aliphatic rings. The molecule has 1 atom stereocenters. The van der Waals surface area contributed by atoms with Gasteiger partial charge in [-0.1, -0.05) is 60.4 Å². The summed E-state index contributed by atoms with van der Waals surface area (Å²) in [6, 6.07) is 15.2. The number of halogens is 2. The quantitative estimate of drug-likeness (QED) is 0.339. The second-order valence-corrected chi connectivity index (χ2v) is 11.7. The van der Waals surface area contributed by atoms with Crippen LogP contribution in [0.15, 0.2) is 58.0 Å². The molecular weight excluding hydrogens is 504 g/mol. The molecule has 3 nitrogen and oxygen atoms in total. The van der Waals surface area contributed by atoms with E-state index in [9.17, 15) is 4.79 Å². The van der Waals surface area contributed by atoms with Gasteiger partial charge in [0, 0.05) is 26.3 Å². The van der Waals surface area contributed by atoms with Crippen LogP contribution in [0.25, 0.3) is 0 Å². The van der Waals surface area contributed by atoms with Crippen LogP contribution in [0.1, 0.15) is 53.6 Å². The lowest BCUT2D eigenvalue weighted by Gasteiger charge is -2.33. The van der Waals surface area contributed by atoms with Crippen molar-refractivity contribution in [1.82, 2.24) is 0 Å². The number of aliphatic imine (C=N–C) groups is 1. The second kappa shape index (κ2) is 9.50. The lowest BCUT2D eigenvalue weighted by atomic mass is 9.72. The number of fused-ring (bicyclic) bond motifs is 1. The molecule has 0 bridgehead atoms. The number of hydrogen-bond acceptors (Lipinski definition) is 3. The molecule has 166 valence electrons. The summed E-state index contributed by atoms with van der Waals surface area (Å²) in [5, 5.41) is 4.46. The van der Waals surface area contributed by atoms with Crippen LogP contribution >= 0.6 is 38.9 Å². The average Bonchev–Trinajstić information content (AvgIpc) is 3.12. The van der Waals surface area contributed by atoms with Gasteiger partial charge in [0.1, 0.15) is 5.00 Å². The molecule has 1 N–H and O–H groups in total. The van der Waals surface area contributed by atoms with Gasteiger partial charge in [-0.2, -0.15) is 0 Å². The second-order valence-electron chi connectivity index (χ2n) is 9.26. The van der Waals surface area contributed by atoms with E-state index in [1.54, 1.807) is 23.5 Å². The number of hydrogen-bond donors (Lipinski definition) is 1. The zero-order valence-corrected chi connectivity index (χ0v) is 21.6. The highest BCUT2D eigenvalue weighted by Crippen LogP contribution is 2.45. The van der Waals surface area contributed by atoms with Crippen LogP contribution in [0.3, 0.4) is 0 Å². The summed E-state index contributed by atoms with van der Waals surface area (Å²) in [5.74, 6) is 0.492. The Kier molecular flexibility index (Phi) is 6.89. The number of carbonyl (C=O) groups is 1. The Balaban J connectivity index is 1.69. The molecule has 0 radical (unpaired) electrons. The van der Waals surface area contributed by atoms with Gasteiger partial charge < -0.3 is 5.32 Å². The zero-order chi connectivity index (χ0) is 22.9. The topological polar surface area (TPSA) is 41.5 Å². The van der Waals surface area contributed by atoms with Gasteiger partial charge >= 0.3 is 0 Å². The first-order chi connectivity index (χ1) is 15.2. The number of thiophene rings is 1. The van der Waals surface area contributed by atoms with E-state index < -0.39 is 0 Å². The molecule has 0 aliphatic heterocycles. The Bertz CT molecular complexity index is 1140. The molecule has 4 rings (SSSR count). The molecule has 0 unspecified atom stereocenters. The van der Waals surface area contributed by atoms with E-state index >= 15 is 0 Å². The van der Waals surface area contributed by atoms with Crippen LogP contribution in [-0.4, -0.2) is 12.1 Å². The van der Waals surface area contributed by atoms with Gasteiger partial charge in [0.15, 0.2) is 0 Å².